The normalized spacial score (nSPS) is 34.2. The van der Waals surface area contributed by atoms with E-state index in [-0.39, 0.29) is 5.92 Å². The van der Waals surface area contributed by atoms with Crippen LogP contribution >= 0.6 is 0 Å². The molecular weight excluding hydrogens is 378 g/mol. The standard InChI is InChI=1S/C29H35NO/c1-5-6-21-10-14-27-24-13-9-20-17-23(31)18-26(19-7-11-22(12-8-19)30(3)4)28(20)25(24)15-16-29(21,27)2/h7-8,11-12,17,21,24,26-27H,9-10,13-16,18H2,1-4H3/t21-,24-,26+,27+,29-/m1/s1. The first-order valence-corrected chi connectivity index (χ1v) is 12.1. The van der Waals surface area contributed by atoms with Gasteiger partial charge in [0.2, 0.25) is 0 Å². The van der Waals surface area contributed by atoms with Crippen LogP contribution < -0.4 is 4.90 Å². The highest BCUT2D eigenvalue weighted by Gasteiger charge is 2.53. The van der Waals surface area contributed by atoms with E-state index in [1.165, 1.54) is 48.9 Å². The van der Waals surface area contributed by atoms with Gasteiger partial charge in [-0.05, 0) is 97.6 Å². The second kappa shape index (κ2) is 7.70. The number of hydrogen-bond acceptors (Lipinski definition) is 2. The molecule has 0 aliphatic heterocycles. The monoisotopic (exact) mass is 413 g/mol. The molecule has 4 aliphatic carbocycles. The van der Waals surface area contributed by atoms with Gasteiger partial charge in [-0.15, -0.1) is 5.92 Å². The molecule has 162 valence electrons. The van der Waals surface area contributed by atoms with Gasteiger partial charge in [-0.2, -0.15) is 0 Å². The van der Waals surface area contributed by atoms with Crippen LogP contribution in [-0.2, 0) is 4.79 Å². The molecule has 2 heteroatoms. The molecule has 5 rings (SSSR count). The van der Waals surface area contributed by atoms with E-state index >= 15 is 0 Å². The Bertz CT molecular complexity index is 1020. The van der Waals surface area contributed by atoms with Crippen LogP contribution in [0.1, 0.15) is 70.3 Å². The van der Waals surface area contributed by atoms with E-state index in [9.17, 15) is 4.79 Å². The number of nitrogens with zero attached hydrogens (tertiary/aromatic N) is 1. The molecule has 2 nitrogen and oxygen atoms in total. The van der Waals surface area contributed by atoms with Crippen molar-refractivity contribution in [3.63, 3.8) is 0 Å². The van der Waals surface area contributed by atoms with Gasteiger partial charge in [-0.25, -0.2) is 0 Å². The van der Waals surface area contributed by atoms with Crippen LogP contribution in [0, 0.1) is 35.0 Å². The van der Waals surface area contributed by atoms with Gasteiger partial charge >= 0.3 is 0 Å². The number of ketones is 1. The van der Waals surface area contributed by atoms with Crippen LogP contribution in [0.2, 0.25) is 0 Å². The van der Waals surface area contributed by atoms with E-state index in [1.54, 1.807) is 11.1 Å². The first-order chi connectivity index (χ1) is 14.9. The quantitative estimate of drug-likeness (QED) is 0.531. The van der Waals surface area contributed by atoms with Gasteiger partial charge in [0.25, 0.3) is 0 Å². The minimum Gasteiger partial charge on any atom is -0.378 e. The molecule has 5 atom stereocenters. The number of carbonyl (C=O) groups excluding carboxylic acids is 1. The summed E-state index contributed by atoms with van der Waals surface area (Å²) in [7, 11) is 4.15. The summed E-state index contributed by atoms with van der Waals surface area (Å²) in [4.78, 5) is 14.8. The smallest absolute Gasteiger partial charge is 0.156 e. The lowest BCUT2D eigenvalue weighted by molar-refractivity contribution is -0.115. The van der Waals surface area contributed by atoms with Crippen LogP contribution in [0.4, 0.5) is 5.69 Å². The number of allylic oxidation sites excluding steroid dienone is 4. The fraction of sp³-hybridized carbons (Fsp3) is 0.552. The Labute approximate surface area is 187 Å². The van der Waals surface area contributed by atoms with E-state index < -0.39 is 0 Å². The molecule has 2 fully saturated rings. The van der Waals surface area contributed by atoms with Crippen molar-refractivity contribution in [2.75, 3.05) is 19.0 Å². The summed E-state index contributed by atoms with van der Waals surface area (Å²) in [5.74, 6) is 9.33. The summed E-state index contributed by atoms with van der Waals surface area (Å²) in [5, 5.41) is 0. The van der Waals surface area contributed by atoms with Gasteiger partial charge < -0.3 is 4.90 Å². The fourth-order valence-electron chi connectivity index (χ4n) is 7.33. The average molecular weight is 414 g/mol. The third-order valence-corrected chi connectivity index (χ3v) is 8.91. The first-order valence-electron chi connectivity index (χ1n) is 12.1. The van der Waals surface area contributed by atoms with E-state index in [1.807, 2.05) is 13.0 Å². The molecule has 1 aromatic rings. The van der Waals surface area contributed by atoms with Crippen molar-refractivity contribution in [2.45, 2.75) is 64.7 Å². The van der Waals surface area contributed by atoms with E-state index in [4.69, 9.17) is 0 Å². The van der Waals surface area contributed by atoms with Crippen molar-refractivity contribution < 1.29 is 4.79 Å². The summed E-state index contributed by atoms with van der Waals surface area (Å²) in [6, 6.07) is 8.91. The lowest BCUT2D eigenvalue weighted by atomic mass is 9.55. The van der Waals surface area contributed by atoms with Crippen LogP contribution in [0.5, 0.6) is 0 Å². The Balaban J connectivity index is 1.56. The lowest BCUT2D eigenvalue weighted by Gasteiger charge is -2.49. The predicted molar refractivity (Wildman–Crippen MR) is 128 cm³/mol. The minimum atomic E-state index is 0.235. The summed E-state index contributed by atoms with van der Waals surface area (Å²) in [5.41, 5.74) is 7.47. The Kier molecular flexibility index (Phi) is 5.12. The molecule has 0 aromatic heterocycles. The van der Waals surface area contributed by atoms with E-state index in [0.717, 1.165) is 12.3 Å². The maximum absolute atomic E-state index is 12.7. The molecule has 0 bridgehead atoms. The minimum absolute atomic E-state index is 0.235. The Morgan fingerprint density at radius 3 is 2.55 bits per heavy atom. The highest BCUT2D eigenvalue weighted by Crippen LogP contribution is 2.62. The number of benzene rings is 1. The number of hydrogen-bond donors (Lipinski definition) is 0. The molecule has 0 heterocycles. The molecule has 2 saturated carbocycles. The third-order valence-electron chi connectivity index (χ3n) is 8.91. The van der Waals surface area contributed by atoms with E-state index in [0.29, 0.717) is 29.5 Å². The molecule has 0 unspecified atom stereocenters. The van der Waals surface area contributed by atoms with Gasteiger partial charge in [-0.1, -0.05) is 30.6 Å². The van der Waals surface area contributed by atoms with Crippen LogP contribution in [0.25, 0.3) is 0 Å². The molecule has 0 spiro atoms. The van der Waals surface area contributed by atoms with Crippen molar-refractivity contribution in [1.82, 2.24) is 0 Å². The average Bonchev–Trinajstić information content (AvgIpc) is 3.09. The van der Waals surface area contributed by atoms with Gasteiger partial charge in [0, 0.05) is 38.0 Å². The summed E-state index contributed by atoms with van der Waals surface area (Å²) >= 11 is 0. The van der Waals surface area contributed by atoms with Gasteiger partial charge in [0.05, 0.1) is 0 Å². The molecule has 0 amide bonds. The highest BCUT2D eigenvalue weighted by molar-refractivity contribution is 5.94. The van der Waals surface area contributed by atoms with Crippen molar-refractivity contribution >= 4 is 11.5 Å². The molecule has 0 N–H and O–H groups in total. The highest BCUT2D eigenvalue weighted by atomic mass is 16.1. The maximum Gasteiger partial charge on any atom is 0.156 e. The second-order valence-corrected chi connectivity index (χ2v) is 10.6. The van der Waals surface area contributed by atoms with Gasteiger partial charge in [0.1, 0.15) is 0 Å². The largest absolute Gasteiger partial charge is 0.378 e. The van der Waals surface area contributed by atoms with Crippen LogP contribution in [-0.4, -0.2) is 19.9 Å². The number of fused-ring (bicyclic) bond motifs is 4. The molecule has 31 heavy (non-hydrogen) atoms. The van der Waals surface area contributed by atoms with E-state index in [2.05, 4.69) is 62.0 Å². The summed E-state index contributed by atoms with van der Waals surface area (Å²) in [6.07, 6.45) is 9.91. The van der Waals surface area contributed by atoms with Crippen LogP contribution in [0.15, 0.2) is 47.1 Å². The maximum atomic E-state index is 12.7. The fourth-order valence-corrected chi connectivity index (χ4v) is 7.33. The Morgan fingerprint density at radius 1 is 1.06 bits per heavy atom. The zero-order chi connectivity index (χ0) is 21.8. The molecule has 0 saturated heterocycles. The second-order valence-electron chi connectivity index (χ2n) is 10.6. The first kappa shape index (κ1) is 20.6. The van der Waals surface area contributed by atoms with Crippen molar-refractivity contribution in [3.8, 4) is 11.8 Å². The SMILES string of the molecule is CC#C[C@@H]1CC[C@H]2[C@@H]3CCC4=CC(=O)C[C@@H](c5ccc(N(C)C)cc5)C4=C3CC[C@]12C. The van der Waals surface area contributed by atoms with Gasteiger partial charge in [-0.3, -0.25) is 4.79 Å². The lowest BCUT2D eigenvalue weighted by Crippen LogP contribution is -2.40. The van der Waals surface area contributed by atoms with Crippen molar-refractivity contribution in [2.24, 2.45) is 23.2 Å². The third kappa shape index (κ3) is 3.29. The number of rotatable bonds is 2. The van der Waals surface area contributed by atoms with Crippen molar-refractivity contribution in [1.29, 1.82) is 0 Å². The topological polar surface area (TPSA) is 20.3 Å². The molecule has 0 radical (unpaired) electrons. The zero-order valence-electron chi connectivity index (χ0n) is 19.5. The summed E-state index contributed by atoms with van der Waals surface area (Å²) in [6.45, 7) is 4.52. The zero-order valence-corrected chi connectivity index (χ0v) is 19.5. The number of carbonyl (C=O) groups is 1. The van der Waals surface area contributed by atoms with Crippen molar-refractivity contribution in [3.05, 3.63) is 52.6 Å². The van der Waals surface area contributed by atoms with Crippen LogP contribution in [0.3, 0.4) is 0 Å². The number of anilines is 1. The Morgan fingerprint density at radius 2 is 1.84 bits per heavy atom. The molecule has 4 aliphatic rings. The Hall–Kier alpha value is -2.27. The summed E-state index contributed by atoms with van der Waals surface area (Å²) < 4.78 is 0. The predicted octanol–water partition coefficient (Wildman–Crippen LogP) is 6.29. The van der Waals surface area contributed by atoms with Gasteiger partial charge in [0.15, 0.2) is 5.78 Å². The molecule has 1 aromatic carbocycles. The molecular formula is C29H35NO.